The van der Waals surface area contributed by atoms with Gasteiger partial charge in [0.05, 0.1) is 12.5 Å². The van der Waals surface area contributed by atoms with Gasteiger partial charge in [0.1, 0.15) is 5.82 Å². The molecule has 0 radical (unpaired) electrons. The third-order valence-corrected chi connectivity index (χ3v) is 7.06. The zero-order valence-corrected chi connectivity index (χ0v) is 18.2. The Morgan fingerprint density at radius 1 is 1.26 bits per heavy atom. The molecule has 0 saturated carbocycles. The lowest BCUT2D eigenvalue weighted by Gasteiger charge is -2.44. The maximum absolute atomic E-state index is 13.3. The molecule has 0 unspecified atom stereocenters. The van der Waals surface area contributed by atoms with E-state index < -0.39 is 0 Å². The fourth-order valence-electron chi connectivity index (χ4n) is 5.60. The fraction of sp³-hybridized carbons (Fsp3) is 0.609. The van der Waals surface area contributed by atoms with E-state index in [9.17, 15) is 9.59 Å². The van der Waals surface area contributed by atoms with Crippen LogP contribution in [-0.2, 0) is 24.4 Å². The molecular weight excluding hydrogens is 392 g/mol. The molecule has 2 aromatic heterocycles. The molecule has 2 bridgehead atoms. The van der Waals surface area contributed by atoms with E-state index in [1.165, 1.54) is 0 Å². The normalized spacial score (nSPS) is 25.5. The molecule has 31 heavy (non-hydrogen) atoms. The van der Waals surface area contributed by atoms with Gasteiger partial charge in [0.25, 0.3) is 5.56 Å². The first-order chi connectivity index (χ1) is 15.1. The highest BCUT2D eigenvalue weighted by Crippen LogP contribution is 2.36. The van der Waals surface area contributed by atoms with Gasteiger partial charge in [-0.15, -0.1) is 0 Å². The van der Waals surface area contributed by atoms with Crippen molar-refractivity contribution >= 4 is 5.91 Å². The SMILES string of the molecule is CN(Cc1ncc[nH]1)Cc1ccc2n(c1=O)C[C@H]1C[C@@H]2CN(C(=O)[C@@H]2CCCNC2)C1. The molecule has 2 N–H and O–H groups in total. The molecule has 2 saturated heterocycles. The van der Waals surface area contributed by atoms with E-state index in [-0.39, 0.29) is 17.4 Å². The number of amides is 1. The second-order valence-corrected chi connectivity index (χ2v) is 9.49. The van der Waals surface area contributed by atoms with E-state index in [4.69, 9.17) is 0 Å². The topological polar surface area (TPSA) is 86.3 Å². The Morgan fingerprint density at radius 3 is 2.94 bits per heavy atom. The van der Waals surface area contributed by atoms with Crippen molar-refractivity contribution in [3.8, 4) is 0 Å². The number of aromatic amines is 1. The summed E-state index contributed by atoms with van der Waals surface area (Å²) < 4.78 is 1.98. The van der Waals surface area contributed by atoms with Gasteiger partial charge in [-0.25, -0.2) is 4.98 Å². The predicted molar refractivity (Wildman–Crippen MR) is 117 cm³/mol. The first kappa shape index (κ1) is 20.5. The van der Waals surface area contributed by atoms with E-state index in [0.717, 1.165) is 62.5 Å². The third-order valence-electron chi connectivity index (χ3n) is 7.06. The Kier molecular flexibility index (Phi) is 5.67. The summed E-state index contributed by atoms with van der Waals surface area (Å²) in [7, 11) is 2.00. The van der Waals surface area contributed by atoms with Gasteiger partial charge in [0.15, 0.2) is 0 Å². The van der Waals surface area contributed by atoms with Crippen LogP contribution in [0.3, 0.4) is 0 Å². The number of pyridine rings is 1. The highest BCUT2D eigenvalue weighted by atomic mass is 16.2. The van der Waals surface area contributed by atoms with Crippen LogP contribution in [-0.4, -0.2) is 63.5 Å². The van der Waals surface area contributed by atoms with E-state index in [1.54, 1.807) is 6.20 Å². The number of imidazole rings is 1. The summed E-state index contributed by atoms with van der Waals surface area (Å²) in [6, 6.07) is 4.10. The molecule has 3 atom stereocenters. The van der Waals surface area contributed by atoms with Crippen LogP contribution < -0.4 is 10.9 Å². The number of H-pyrrole nitrogens is 1. The molecule has 2 fully saturated rings. The molecule has 5 rings (SSSR count). The van der Waals surface area contributed by atoms with Crippen LogP contribution in [0.2, 0.25) is 0 Å². The Morgan fingerprint density at radius 2 is 2.16 bits per heavy atom. The maximum Gasteiger partial charge on any atom is 0.255 e. The average molecular weight is 425 g/mol. The van der Waals surface area contributed by atoms with Crippen molar-refractivity contribution in [2.45, 2.75) is 44.8 Å². The van der Waals surface area contributed by atoms with Gasteiger partial charge in [0.2, 0.25) is 5.91 Å². The quantitative estimate of drug-likeness (QED) is 0.752. The van der Waals surface area contributed by atoms with Crippen molar-refractivity contribution in [2.24, 2.45) is 11.8 Å². The number of likely N-dealkylation sites (tertiary alicyclic amines) is 1. The van der Waals surface area contributed by atoms with Crippen LogP contribution in [0.15, 0.2) is 29.3 Å². The summed E-state index contributed by atoms with van der Waals surface area (Å²) in [5.41, 5.74) is 2.03. The smallest absolute Gasteiger partial charge is 0.255 e. The summed E-state index contributed by atoms with van der Waals surface area (Å²) in [5.74, 6) is 1.93. The summed E-state index contributed by atoms with van der Waals surface area (Å²) in [4.78, 5) is 37.9. The molecule has 3 aliphatic rings. The molecule has 0 aromatic carbocycles. The lowest BCUT2D eigenvalue weighted by atomic mass is 9.82. The number of fused-ring (bicyclic) bond motifs is 4. The van der Waals surface area contributed by atoms with E-state index in [0.29, 0.717) is 31.5 Å². The van der Waals surface area contributed by atoms with Crippen molar-refractivity contribution in [1.82, 2.24) is 29.7 Å². The number of hydrogen-bond donors (Lipinski definition) is 2. The number of piperidine rings is 2. The Balaban J connectivity index is 1.30. The summed E-state index contributed by atoms with van der Waals surface area (Å²) in [6.45, 7) is 5.32. The van der Waals surface area contributed by atoms with Gasteiger partial charge < -0.3 is 19.8 Å². The van der Waals surface area contributed by atoms with Crippen LogP contribution in [0.5, 0.6) is 0 Å². The monoisotopic (exact) mass is 424 g/mol. The van der Waals surface area contributed by atoms with E-state index in [1.807, 2.05) is 23.9 Å². The van der Waals surface area contributed by atoms with Gasteiger partial charge in [-0.3, -0.25) is 14.5 Å². The van der Waals surface area contributed by atoms with Crippen molar-refractivity contribution in [3.63, 3.8) is 0 Å². The van der Waals surface area contributed by atoms with Crippen molar-refractivity contribution in [3.05, 3.63) is 52.0 Å². The number of nitrogens with zero attached hydrogens (tertiary/aromatic N) is 4. The maximum atomic E-state index is 13.3. The number of aromatic nitrogens is 3. The number of nitrogens with one attached hydrogen (secondary N) is 2. The lowest BCUT2D eigenvalue weighted by Crippen LogP contribution is -2.52. The lowest BCUT2D eigenvalue weighted by molar-refractivity contribution is -0.138. The minimum absolute atomic E-state index is 0.113. The van der Waals surface area contributed by atoms with Gasteiger partial charge in [-0.05, 0) is 44.8 Å². The third kappa shape index (κ3) is 4.19. The van der Waals surface area contributed by atoms with Crippen LogP contribution in [0.25, 0.3) is 0 Å². The first-order valence-electron chi connectivity index (χ1n) is 11.5. The number of carbonyl (C=O) groups excluding carboxylic acids is 1. The van der Waals surface area contributed by atoms with Crippen LogP contribution in [0.4, 0.5) is 0 Å². The molecule has 2 aromatic rings. The molecule has 8 nitrogen and oxygen atoms in total. The van der Waals surface area contributed by atoms with E-state index in [2.05, 4.69) is 31.2 Å². The van der Waals surface area contributed by atoms with Gasteiger partial charge in [0, 0.05) is 62.3 Å². The zero-order valence-electron chi connectivity index (χ0n) is 18.2. The highest BCUT2D eigenvalue weighted by molar-refractivity contribution is 5.79. The second kappa shape index (κ2) is 8.59. The largest absolute Gasteiger partial charge is 0.348 e. The second-order valence-electron chi connectivity index (χ2n) is 9.49. The highest BCUT2D eigenvalue weighted by Gasteiger charge is 2.38. The van der Waals surface area contributed by atoms with Crippen molar-refractivity contribution < 1.29 is 4.79 Å². The standard InChI is InChI=1S/C23H32N6O2/c1-27(15-21-25-7-8-26-21)13-18-4-5-20-19-9-16(12-29(20)23(18)31)11-28(14-19)22(30)17-3-2-6-24-10-17/h4-5,7-8,16-17,19,24H,2-3,6,9-15H2,1H3,(H,25,26)/t16-,17+,19+/m0/s1. The zero-order chi connectivity index (χ0) is 21.4. The Labute approximate surface area is 182 Å². The Bertz CT molecular complexity index is 978. The molecule has 3 aliphatic heterocycles. The minimum Gasteiger partial charge on any atom is -0.348 e. The molecular formula is C23H32N6O2. The van der Waals surface area contributed by atoms with Crippen LogP contribution in [0, 0.1) is 11.8 Å². The first-order valence-corrected chi connectivity index (χ1v) is 11.5. The van der Waals surface area contributed by atoms with Crippen LogP contribution in [0.1, 0.15) is 42.3 Å². The molecule has 0 spiro atoms. The number of rotatable bonds is 5. The number of hydrogen-bond acceptors (Lipinski definition) is 5. The molecule has 166 valence electrons. The molecule has 0 aliphatic carbocycles. The number of carbonyl (C=O) groups is 1. The molecule has 1 amide bonds. The van der Waals surface area contributed by atoms with Gasteiger partial charge >= 0.3 is 0 Å². The molecule has 8 heteroatoms. The predicted octanol–water partition coefficient (Wildman–Crippen LogP) is 1.15. The minimum atomic E-state index is 0.113. The Hall–Kier alpha value is -2.45. The molecule has 5 heterocycles. The summed E-state index contributed by atoms with van der Waals surface area (Å²) >= 11 is 0. The van der Waals surface area contributed by atoms with Gasteiger partial charge in [-0.2, -0.15) is 0 Å². The fourth-order valence-corrected chi connectivity index (χ4v) is 5.60. The van der Waals surface area contributed by atoms with Gasteiger partial charge in [-0.1, -0.05) is 6.07 Å². The van der Waals surface area contributed by atoms with Crippen molar-refractivity contribution in [1.29, 1.82) is 0 Å². The summed E-state index contributed by atoms with van der Waals surface area (Å²) in [6.07, 6.45) is 6.70. The average Bonchev–Trinajstić information content (AvgIpc) is 3.29. The van der Waals surface area contributed by atoms with Crippen LogP contribution >= 0.6 is 0 Å². The van der Waals surface area contributed by atoms with E-state index >= 15 is 0 Å². The summed E-state index contributed by atoms with van der Waals surface area (Å²) in [5, 5.41) is 3.36. The van der Waals surface area contributed by atoms with Crippen molar-refractivity contribution in [2.75, 3.05) is 33.2 Å².